The van der Waals surface area contributed by atoms with Gasteiger partial charge in [-0.2, -0.15) is 5.26 Å². The molecule has 1 aromatic heterocycles. The molecule has 29 heavy (non-hydrogen) atoms. The fraction of sp³-hybridized carbons (Fsp3) is 0.182. The second-order valence-electron chi connectivity index (χ2n) is 6.06. The van der Waals surface area contributed by atoms with Gasteiger partial charge in [-0.15, -0.1) is 0 Å². The molecule has 0 aliphatic carbocycles. The first-order valence-electron chi connectivity index (χ1n) is 8.67. The number of rotatable bonds is 7. The van der Waals surface area contributed by atoms with E-state index in [2.05, 4.69) is 4.98 Å². The number of carbonyl (C=O) groups excluding carboxylic acids is 1. The van der Waals surface area contributed by atoms with Gasteiger partial charge >= 0.3 is 0 Å². The number of H-pyrrole nitrogens is 1. The topological polar surface area (TPSA) is 93.6 Å². The highest BCUT2D eigenvalue weighted by Gasteiger charge is 2.19. The van der Waals surface area contributed by atoms with Crippen molar-refractivity contribution < 1.29 is 23.7 Å². The van der Waals surface area contributed by atoms with Crippen LogP contribution in [0, 0.1) is 11.3 Å². The first-order valence-corrected chi connectivity index (χ1v) is 8.67. The Labute approximate surface area is 168 Å². The van der Waals surface area contributed by atoms with Crippen molar-refractivity contribution in [3.8, 4) is 29.1 Å². The van der Waals surface area contributed by atoms with Crippen molar-refractivity contribution in [2.24, 2.45) is 0 Å². The predicted molar refractivity (Wildman–Crippen MR) is 109 cm³/mol. The standard InChI is InChI=1S/C22H20N2O5/c1-26-15-5-6-18-16(9-15)17(12-24-18)22(25)14(11-23)7-13-8-20(28-3)21(29-4)10-19(13)27-2/h5-10,12,24H,1-4H3/b14-7-. The van der Waals surface area contributed by atoms with Gasteiger partial charge in [-0.3, -0.25) is 4.79 Å². The molecule has 0 spiro atoms. The predicted octanol–water partition coefficient (Wildman–Crippen LogP) is 3.99. The minimum atomic E-state index is -0.413. The van der Waals surface area contributed by atoms with E-state index < -0.39 is 5.78 Å². The Balaban J connectivity index is 2.09. The van der Waals surface area contributed by atoms with Gasteiger partial charge < -0.3 is 23.9 Å². The highest BCUT2D eigenvalue weighted by molar-refractivity contribution is 6.20. The van der Waals surface area contributed by atoms with Crippen LogP contribution in [0.4, 0.5) is 0 Å². The molecular formula is C22H20N2O5. The molecule has 0 saturated heterocycles. The lowest BCUT2D eigenvalue weighted by atomic mass is 10.0. The molecule has 2 aromatic carbocycles. The molecule has 0 aliphatic rings. The summed E-state index contributed by atoms with van der Waals surface area (Å²) in [5, 5.41) is 10.3. The van der Waals surface area contributed by atoms with Crippen molar-refractivity contribution in [1.82, 2.24) is 4.98 Å². The summed E-state index contributed by atoms with van der Waals surface area (Å²) in [5.74, 6) is 1.60. The van der Waals surface area contributed by atoms with E-state index in [1.165, 1.54) is 27.4 Å². The highest BCUT2D eigenvalue weighted by atomic mass is 16.5. The average molecular weight is 392 g/mol. The number of allylic oxidation sites excluding steroid dienone is 1. The number of benzene rings is 2. The smallest absolute Gasteiger partial charge is 0.205 e. The summed E-state index contributed by atoms with van der Waals surface area (Å²) in [6.07, 6.45) is 3.06. The summed E-state index contributed by atoms with van der Waals surface area (Å²) in [6.45, 7) is 0. The lowest BCUT2D eigenvalue weighted by Crippen LogP contribution is -2.02. The van der Waals surface area contributed by atoms with E-state index in [0.29, 0.717) is 39.5 Å². The number of hydrogen-bond acceptors (Lipinski definition) is 6. The molecule has 3 rings (SSSR count). The van der Waals surface area contributed by atoms with Gasteiger partial charge in [-0.05, 0) is 30.3 Å². The average Bonchev–Trinajstić information content (AvgIpc) is 3.19. The molecule has 0 amide bonds. The molecule has 0 aliphatic heterocycles. The van der Waals surface area contributed by atoms with E-state index in [4.69, 9.17) is 18.9 Å². The Morgan fingerprint density at radius 2 is 1.66 bits per heavy atom. The van der Waals surface area contributed by atoms with E-state index in [9.17, 15) is 10.1 Å². The van der Waals surface area contributed by atoms with Gasteiger partial charge in [0.25, 0.3) is 0 Å². The zero-order chi connectivity index (χ0) is 21.0. The number of nitrogens with one attached hydrogen (secondary N) is 1. The Morgan fingerprint density at radius 1 is 0.966 bits per heavy atom. The molecular weight excluding hydrogens is 372 g/mol. The Bertz CT molecular complexity index is 1140. The normalized spacial score (nSPS) is 11.1. The van der Waals surface area contributed by atoms with Crippen LogP contribution in [-0.2, 0) is 0 Å². The molecule has 0 unspecified atom stereocenters. The lowest BCUT2D eigenvalue weighted by molar-refractivity contribution is 0.104. The molecule has 3 aromatic rings. The zero-order valence-corrected chi connectivity index (χ0v) is 16.5. The van der Waals surface area contributed by atoms with Gasteiger partial charge in [0, 0.05) is 34.3 Å². The van der Waals surface area contributed by atoms with Crippen LogP contribution in [0.3, 0.4) is 0 Å². The number of ether oxygens (including phenoxy) is 4. The number of nitrogens with zero attached hydrogens (tertiary/aromatic N) is 1. The van der Waals surface area contributed by atoms with Crippen LogP contribution in [0.15, 0.2) is 42.1 Å². The molecule has 1 heterocycles. The maximum absolute atomic E-state index is 13.1. The second kappa shape index (κ2) is 8.40. The number of Topliss-reactive ketones (excluding diaryl/α,β-unsaturated/α-hetero) is 1. The quantitative estimate of drug-likeness (QED) is 0.371. The maximum Gasteiger partial charge on any atom is 0.205 e. The summed E-state index contributed by atoms with van der Waals surface area (Å²) in [6, 6.07) is 10.6. The minimum Gasteiger partial charge on any atom is -0.497 e. The second-order valence-corrected chi connectivity index (χ2v) is 6.06. The van der Waals surface area contributed by atoms with Gasteiger partial charge in [0.15, 0.2) is 11.5 Å². The van der Waals surface area contributed by atoms with Crippen molar-refractivity contribution >= 4 is 22.8 Å². The third-order valence-electron chi connectivity index (χ3n) is 4.53. The van der Waals surface area contributed by atoms with Gasteiger partial charge in [-0.25, -0.2) is 0 Å². The molecule has 7 nitrogen and oxygen atoms in total. The van der Waals surface area contributed by atoms with Crippen molar-refractivity contribution in [3.63, 3.8) is 0 Å². The minimum absolute atomic E-state index is 0.0424. The van der Waals surface area contributed by atoms with Gasteiger partial charge in [-0.1, -0.05) is 0 Å². The van der Waals surface area contributed by atoms with Crippen LogP contribution in [0.2, 0.25) is 0 Å². The molecule has 0 bridgehead atoms. The number of aromatic nitrogens is 1. The molecule has 0 fully saturated rings. The summed E-state index contributed by atoms with van der Waals surface area (Å²) >= 11 is 0. The molecule has 0 radical (unpaired) electrons. The number of methoxy groups -OCH3 is 4. The van der Waals surface area contributed by atoms with Gasteiger partial charge in [0.1, 0.15) is 23.1 Å². The van der Waals surface area contributed by atoms with Crippen molar-refractivity contribution in [3.05, 3.63) is 53.2 Å². The SMILES string of the molecule is COc1ccc2[nH]cc(C(=O)/C(C#N)=C\c3cc(OC)c(OC)cc3OC)c2c1. The first kappa shape index (κ1) is 19.8. The number of hydrogen-bond donors (Lipinski definition) is 1. The molecule has 7 heteroatoms. The Kier molecular flexibility index (Phi) is 5.74. The zero-order valence-electron chi connectivity index (χ0n) is 16.5. The lowest BCUT2D eigenvalue weighted by Gasteiger charge is -2.12. The van der Waals surface area contributed by atoms with E-state index in [1.54, 1.807) is 37.6 Å². The third kappa shape index (κ3) is 3.73. The molecule has 0 atom stereocenters. The van der Waals surface area contributed by atoms with Gasteiger partial charge in [0.05, 0.1) is 28.4 Å². The van der Waals surface area contributed by atoms with Gasteiger partial charge in [0.2, 0.25) is 5.78 Å². The largest absolute Gasteiger partial charge is 0.497 e. The van der Waals surface area contributed by atoms with Crippen LogP contribution in [0.1, 0.15) is 15.9 Å². The van der Waals surface area contributed by atoms with E-state index in [-0.39, 0.29) is 5.57 Å². The van der Waals surface area contributed by atoms with Crippen molar-refractivity contribution in [2.45, 2.75) is 0 Å². The number of nitriles is 1. The highest BCUT2D eigenvalue weighted by Crippen LogP contribution is 2.36. The molecule has 1 N–H and O–H groups in total. The van der Waals surface area contributed by atoms with Crippen molar-refractivity contribution in [2.75, 3.05) is 28.4 Å². The van der Waals surface area contributed by atoms with Crippen LogP contribution in [0.5, 0.6) is 23.0 Å². The monoisotopic (exact) mass is 392 g/mol. The Morgan fingerprint density at radius 3 is 2.28 bits per heavy atom. The molecule has 148 valence electrons. The van der Waals surface area contributed by atoms with E-state index in [0.717, 1.165) is 5.52 Å². The fourth-order valence-corrected chi connectivity index (χ4v) is 3.03. The molecule has 0 saturated carbocycles. The van der Waals surface area contributed by atoms with Crippen LogP contribution in [0.25, 0.3) is 17.0 Å². The summed E-state index contributed by atoms with van der Waals surface area (Å²) in [4.78, 5) is 16.1. The number of carbonyl (C=O) groups is 1. The van der Waals surface area contributed by atoms with Crippen LogP contribution >= 0.6 is 0 Å². The Hall–Kier alpha value is -3.92. The first-order chi connectivity index (χ1) is 14.1. The van der Waals surface area contributed by atoms with Crippen LogP contribution in [-0.4, -0.2) is 39.2 Å². The summed E-state index contributed by atoms with van der Waals surface area (Å²) < 4.78 is 21.2. The summed E-state index contributed by atoms with van der Waals surface area (Å²) in [5.41, 5.74) is 1.63. The van der Waals surface area contributed by atoms with E-state index >= 15 is 0 Å². The maximum atomic E-state index is 13.1. The van der Waals surface area contributed by atoms with Crippen molar-refractivity contribution in [1.29, 1.82) is 5.26 Å². The fourth-order valence-electron chi connectivity index (χ4n) is 3.03. The number of aromatic amines is 1. The van der Waals surface area contributed by atoms with Crippen LogP contribution < -0.4 is 18.9 Å². The summed E-state index contributed by atoms with van der Waals surface area (Å²) in [7, 11) is 6.08. The third-order valence-corrected chi connectivity index (χ3v) is 4.53. The number of ketones is 1. The number of fused-ring (bicyclic) bond motifs is 1. The van der Waals surface area contributed by atoms with E-state index in [1.807, 2.05) is 12.1 Å².